The first-order valence-electron chi connectivity index (χ1n) is 9.75. The van der Waals surface area contributed by atoms with E-state index < -0.39 is 0 Å². The largest absolute Gasteiger partial charge is 0.504 e. The summed E-state index contributed by atoms with van der Waals surface area (Å²) in [7, 11) is 1.57. The number of carbonyl (C=O) groups excluding carboxylic acids is 1. The third-order valence-electron chi connectivity index (χ3n) is 4.70. The zero-order chi connectivity index (χ0) is 24.8. The molecule has 0 unspecified atom stereocenters. The summed E-state index contributed by atoms with van der Waals surface area (Å²) in [6, 6.07) is 10.4. The number of halogens is 4. The molecule has 0 radical (unpaired) electrons. The number of aldehydes is 1. The molecule has 2 aromatic heterocycles. The summed E-state index contributed by atoms with van der Waals surface area (Å²) in [5.41, 5.74) is 3.33. The van der Waals surface area contributed by atoms with Crippen LogP contribution in [-0.2, 0) is 4.74 Å². The number of methoxy groups -OCH3 is 1. The molecule has 0 aliphatic rings. The Morgan fingerprint density at radius 3 is 1.59 bits per heavy atom. The Balaban J connectivity index is 0.000000192. The standard InChI is InChI=1S/C13H11Cl2NO2.C11H7Cl2NO2/c1-8-9(6-7-17-2)13(16-18-8)12-10(14)4-3-5-11(12)15;1-6-7(5-15)11(14-16-6)10-8(12)3-2-4-9(10)13/h3-7H,1-2H3;2-5H,1H3/b7-6+;. The molecule has 2 heterocycles. The fraction of sp³-hybridized carbons (Fsp3) is 0.125. The molecular formula is C24H18Cl4N2O4. The lowest BCUT2D eigenvalue weighted by Gasteiger charge is -2.04. The van der Waals surface area contributed by atoms with Crippen LogP contribution in [0.15, 0.2) is 51.7 Å². The zero-order valence-electron chi connectivity index (χ0n) is 18.2. The topological polar surface area (TPSA) is 78.4 Å². The van der Waals surface area contributed by atoms with E-state index in [-0.39, 0.29) is 0 Å². The number of hydrogen-bond acceptors (Lipinski definition) is 6. The SMILES string of the molecule is CO/C=C/c1c(-c2c(Cl)cccc2Cl)noc1C.Cc1onc(-c2c(Cl)cccc2Cl)c1C=O. The van der Waals surface area contributed by atoms with Gasteiger partial charge in [0.2, 0.25) is 0 Å². The van der Waals surface area contributed by atoms with Gasteiger partial charge in [-0.15, -0.1) is 0 Å². The lowest BCUT2D eigenvalue weighted by molar-refractivity contribution is 0.112. The van der Waals surface area contributed by atoms with Crippen LogP contribution in [0.25, 0.3) is 28.6 Å². The van der Waals surface area contributed by atoms with Crippen molar-refractivity contribution in [3.8, 4) is 22.5 Å². The third-order valence-corrected chi connectivity index (χ3v) is 5.96. The number of carbonyl (C=O) groups is 1. The van der Waals surface area contributed by atoms with Gasteiger partial charge in [-0.3, -0.25) is 4.79 Å². The van der Waals surface area contributed by atoms with Crippen molar-refractivity contribution in [1.29, 1.82) is 0 Å². The molecular weight excluding hydrogens is 522 g/mol. The Bertz CT molecular complexity index is 1300. The van der Waals surface area contributed by atoms with E-state index in [2.05, 4.69) is 10.3 Å². The van der Waals surface area contributed by atoms with Gasteiger partial charge in [0.15, 0.2) is 6.29 Å². The average Bonchev–Trinajstić information content (AvgIpc) is 3.34. The summed E-state index contributed by atoms with van der Waals surface area (Å²) >= 11 is 24.4. The van der Waals surface area contributed by atoms with E-state index in [1.165, 1.54) is 0 Å². The van der Waals surface area contributed by atoms with Crippen molar-refractivity contribution in [3.63, 3.8) is 0 Å². The van der Waals surface area contributed by atoms with Gasteiger partial charge in [0, 0.05) is 16.7 Å². The molecule has 0 N–H and O–H groups in total. The van der Waals surface area contributed by atoms with Crippen LogP contribution in [0.3, 0.4) is 0 Å². The van der Waals surface area contributed by atoms with Crippen LogP contribution in [0.1, 0.15) is 27.4 Å². The van der Waals surface area contributed by atoms with Crippen LogP contribution in [0.2, 0.25) is 20.1 Å². The Hall–Kier alpha value is -2.77. The fourth-order valence-corrected chi connectivity index (χ4v) is 4.19. The summed E-state index contributed by atoms with van der Waals surface area (Å²) < 4.78 is 15.0. The average molecular weight is 540 g/mol. The van der Waals surface area contributed by atoms with E-state index in [0.717, 1.165) is 5.56 Å². The maximum absolute atomic E-state index is 10.9. The summed E-state index contributed by atoms with van der Waals surface area (Å²) in [4.78, 5) is 10.9. The molecule has 6 nitrogen and oxygen atoms in total. The lowest BCUT2D eigenvalue weighted by Crippen LogP contribution is -1.88. The molecule has 0 aliphatic heterocycles. The highest BCUT2D eigenvalue weighted by atomic mass is 35.5. The second-order valence-corrected chi connectivity index (χ2v) is 8.48. The van der Waals surface area contributed by atoms with Crippen molar-refractivity contribution >= 4 is 58.8 Å². The van der Waals surface area contributed by atoms with Crippen molar-refractivity contribution in [2.24, 2.45) is 0 Å². The molecule has 0 spiro atoms. The molecule has 0 bridgehead atoms. The molecule has 0 atom stereocenters. The van der Waals surface area contributed by atoms with Gasteiger partial charge in [-0.05, 0) is 44.2 Å². The van der Waals surface area contributed by atoms with Crippen LogP contribution in [0, 0.1) is 13.8 Å². The Morgan fingerprint density at radius 2 is 1.18 bits per heavy atom. The normalized spacial score (nSPS) is 10.8. The minimum atomic E-state index is 0.370. The van der Waals surface area contributed by atoms with Gasteiger partial charge in [-0.1, -0.05) is 68.8 Å². The Morgan fingerprint density at radius 1 is 0.765 bits per heavy atom. The van der Waals surface area contributed by atoms with Gasteiger partial charge >= 0.3 is 0 Å². The lowest BCUT2D eigenvalue weighted by atomic mass is 10.1. The summed E-state index contributed by atoms with van der Waals surface area (Å²) in [6.45, 7) is 3.47. The van der Waals surface area contributed by atoms with Gasteiger partial charge < -0.3 is 13.8 Å². The van der Waals surface area contributed by atoms with Crippen LogP contribution in [-0.4, -0.2) is 23.7 Å². The van der Waals surface area contributed by atoms with E-state index in [1.54, 1.807) is 62.8 Å². The molecule has 10 heteroatoms. The number of aromatic nitrogens is 2. The van der Waals surface area contributed by atoms with Crippen LogP contribution >= 0.6 is 46.4 Å². The van der Waals surface area contributed by atoms with Gasteiger partial charge in [0.1, 0.15) is 22.9 Å². The van der Waals surface area contributed by atoms with Gasteiger partial charge in [-0.25, -0.2) is 0 Å². The second kappa shape index (κ2) is 11.6. The zero-order valence-corrected chi connectivity index (χ0v) is 21.3. The molecule has 34 heavy (non-hydrogen) atoms. The highest BCUT2D eigenvalue weighted by Crippen LogP contribution is 2.37. The first kappa shape index (κ1) is 25.8. The molecule has 4 rings (SSSR count). The number of aryl methyl sites for hydroxylation is 2. The molecule has 0 amide bonds. The summed E-state index contributed by atoms with van der Waals surface area (Å²) in [6.07, 6.45) is 4.00. The molecule has 0 aliphatic carbocycles. The van der Waals surface area contributed by atoms with Gasteiger partial charge in [-0.2, -0.15) is 0 Å². The van der Waals surface area contributed by atoms with E-state index in [0.29, 0.717) is 66.0 Å². The van der Waals surface area contributed by atoms with Crippen molar-refractivity contribution < 1.29 is 18.6 Å². The Kier molecular flexibility index (Phi) is 8.80. The first-order chi connectivity index (χ1) is 16.3. The van der Waals surface area contributed by atoms with Crippen molar-refractivity contribution in [2.75, 3.05) is 7.11 Å². The number of nitrogens with zero attached hydrogens (tertiary/aromatic N) is 2. The van der Waals surface area contributed by atoms with E-state index in [1.807, 2.05) is 6.92 Å². The Labute approximate surface area is 216 Å². The maximum Gasteiger partial charge on any atom is 0.155 e. The molecule has 0 saturated carbocycles. The monoisotopic (exact) mass is 538 g/mol. The van der Waals surface area contributed by atoms with Crippen LogP contribution in [0.5, 0.6) is 0 Å². The fourth-order valence-electron chi connectivity index (χ4n) is 3.04. The predicted octanol–water partition coefficient (Wildman–Crippen LogP) is 8.34. The summed E-state index contributed by atoms with van der Waals surface area (Å²) in [5.74, 6) is 1.12. The van der Waals surface area contributed by atoms with Crippen LogP contribution in [0.4, 0.5) is 0 Å². The van der Waals surface area contributed by atoms with Gasteiger partial charge in [0.05, 0.1) is 39.0 Å². The minimum absolute atomic E-state index is 0.370. The highest BCUT2D eigenvalue weighted by molar-refractivity contribution is 6.39. The first-order valence-corrected chi connectivity index (χ1v) is 11.3. The number of rotatable bonds is 5. The smallest absolute Gasteiger partial charge is 0.155 e. The van der Waals surface area contributed by atoms with Crippen LogP contribution < -0.4 is 0 Å². The second-order valence-electron chi connectivity index (χ2n) is 6.85. The molecule has 0 saturated heterocycles. The van der Waals surface area contributed by atoms with Crippen molar-refractivity contribution in [1.82, 2.24) is 10.3 Å². The molecule has 176 valence electrons. The number of hydrogen-bond donors (Lipinski definition) is 0. The third kappa shape index (κ3) is 5.47. The van der Waals surface area contributed by atoms with E-state index in [4.69, 9.17) is 60.2 Å². The molecule has 0 fully saturated rings. The number of benzene rings is 2. The quantitative estimate of drug-likeness (QED) is 0.187. The van der Waals surface area contributed by atoms with E-state index in [9.17, 15) is 4.79 Å². The van der Waals surface area contributed by atoms with Gasteiger partial charge in [0.25, 0.3) is 0 Å². The maximum atomic E-state index is 10.9. The molecule has 4 aromatic rings. The predicted molar refractivity (Wildman–Crippen MR) is 135 cm³/mol. The minimum Gasteiger partial charge on any atom is -0.504 e. The van der Waals surface area contributed by atoms with Crippen molar-refractivity contribution in [2.45, 2.75) is 13.8 Å². The molecule has 2 aromatic carbocycles. The van der Waals surface area contributed by atoms with Crippen molar-refractivity contribution in [3.05, 3.63) is 85.4 Å². The highest BCUT2D eigenvalue weighted by Gasteiger charge is 2.19. The number of ether oxygens (including phenoxy) is 1. The van der Waals surface area contributed by atoms with E-state index >= 15 is 0 Å². The summed E-state index contributed by atoms with van der Waals surface area (Å²) in [5, 5.41) is 9.74.